The van der Waals surface area contributed by atoms with Crippen LogP contribution in [-0.4, -0.2) is 31.6 Å². The van der Waals surface area contributed by atoms with E-state index in [1.807, 2.05) is 6.07 Å². The minimum absolute atomic E-state index is 0.999. The van der Waals surface area contributed by atoms with Crippen LogP contribution in [0, 0.1) is 0 Å². The van der Waals surface area contributed by atoms with Crippen molar-refractivity contribution < 1.29 is 0 Å². The van der Waals surface area contributed by atoms with Gasteiger partial charge in [0.2, 0.25) is 0 Å². The Morgan fingerprint density at radius 3 is 2.76 bits per heavy atom. The van der Waals surface area contributed by atoms with Crippen molar-refractivity contribution in [1.82, 2.24) is 4.90 Å². The molecule has 0 saturated heterocycles. The van der Waals surface area contributed by atoms with E-state index in [0.717, 1.165) is 17.6 Å². The van der Waals surface area contributed by atoms with Gasteiger partial charge >= 0.3 is 0 Å². The van der Waals surface area contributed by atoms with Crippen molar-refractivity contribution >= 4 is 21.6 Å². The quantitative estimate of drug-likeness (QED) is 0.730. The van der Waals surface area contributed by atoms with Crippen LogP contribution in [0.3, 0.4) is 0 Å². The molecular formula is C14H23BrN2. The fourth-order valence-electron chi connectivity index (χ4n) is 1.73. The Labute approximate surface area is 114 Å². The van der Waals surface area contributed by atoms with Gasteiger partial charge in [-0.1, -0.05) is 41.8 Å². The molecule has 0 atom stereocenters. The van der Waals surface area contributed by atoms with Crippen LogP contribution in [0.15, 0.2) is 28.7 Å². The zero-order chi connectivity index (χ0) is 12.5. The fourth-order valence-corrected chi connectivity index (χ4v) is 2.13. The van der Waals surface area contributed by atoms with E-state index in [-0.39, 0.29) is 0 Å². The van der Waals surface area contributed by atoms with Crippen LogP contribution in [0.1, 0.15) is 26.2 Å². The van der Waals surface area contributed by atoms with E-state index in [0.29, 0.717) is 0 Å². The van der Waals surface area contributed by atoms with E-state index in [2.05, 4.69) is 58.3 Å². The van der Waals surface area contributed by atoms with Gasteiger partial charge in [-0.15, -0.1) is 0 Å². The van der Waals surface area contributed by atoms with Crippen molar-refractivity contribution in [1.29, 1.82) is 0 Å². The average Bonchev–Trinajstić information content (AvgIpc) is 2.29. The number of unbranched alkanes of at least 4 members (excludes halogenated alkanes) is 2. The summed E-state index contributed by atoms with van der Waals surface area (Å²) in [4.78, 5) is 2.39. The molecule has 0 amide bonds. The van der Waals surface area contributed by atoms with Crippen LogP contribution in [0.5, 0.6) is 0 Å². The third-order valence-corrected chi connectivity index (χ3v) is 3.28. The summed E-state index contributed by atoms with van der Waals surface area (Å²) in [5, 5.41) is 3.44. The highest BCUT2D eigenvalue weighted by Crippen LogP contribution is 2.15. The first-order valence-corrected chi connectivity index (χ1v) is 7.19. The molecule has 1 rings (SSSR count). The summed E-state index contributed by atoms with van der Waals surface area (Å²) in [6.45, 7) is 5.54. The van der Waals surface area contributed by atoms with Crippen molar-refractivity contribution in [2.24, 2.45) is 0 Å². The number of hydrogen-bond acceptors (Lipinski definition) is 2. The summed E-state index contributed by atoms with van der Waals surface area (Å²) in [5.41, 5.74) is 1.18. The van der Waals surface area contributed by atoms with Gasteiger partial charge in [-0.3, -0.25) is 0 Å². The summed E-state index contributed by atoms with van der Waals surface area (Å²) in [6, 6.07) is 8.30. The van der Waals surface area contributed by atoms with E-state index < -0.39 is 0 Å². The summed E-state index contributed by atoms with van der Waals surface area (Å²) in [6.07, 6.45) is 3.94. The highest BCUT2D eigenvalue weighted by atomic mass is 79.9. The Hall–Kier alpha value is -0.540. The van der Waals surface area contributed by atoms with E-state index in [1.54, 1.807) is 0 Å². The molecule has 0 radical (unpaired) electrons. The molecule has 0 spiro atoms. The smallest absolute Gasteiger partial charge is 0.0351 e. The van der Waals surface area contributed by atoms with Gasteiger partial charge in [-0.25, -0.2) is 0 Å². The number of anilines is 1. The zero-order valence-corrected chi connectivity index (χ0v) is 12.5. The van der Waals surface area contributed by atoms with Gasteiger partial charge in [0, 0.05) is 23.2 Å². The number of nitrogens with one attached hydrogen (secondary N) is 1. The Morgan fingerprint density at radius 1 is 1.24 bits per heavy atom. The van der Waals surface area contributed by atoms with Gasteiger partial charge in [0.25, 0.3) is 0 Å². The molecule has 0 fully saturated rings. The Kier molecular flexibility index (Phi) is 7.29. The summed E-state index contributed by atoms with van der Waals surface area (Å²) < 4.78 is 1.12. The predicted octanol–water partition coefficient (Wildman–Crippen LogP) is 3.98. The molecular weight excluding hydrogens is 276 g/mol. The minimum Gasteiger partial charge on any atom is -0.384 e. The molecule has 0 aliphatic heterocycles. The lowest BCUT2D eigenvalue weighted by molar-refractivity contribution is 0.337. The topological polar surface area (TPSA) is 15.3 Å². The Morgan fingerprint density at radius 2 is 2.06 bits per heavy atom. The third-order valence-electron chi connectivity index (χ3n) is 2.79. The van der Waals surface area contributed by atoms with Crippen molar-refractivity contribution in [3.05, 3.63) is 28.7 Å². The summed E-state index contributed by atoms with van der Waals surface area (Å²) >= 11 is 3.47. The van der Waals surface area contributed by atoms with Crippen molar-refractivity contribution in [2.45, 2.75) is 26.2 Å². The normalized spacial score (nSPS) is 10.8. The number of halogens is 1. The van der Waals surface area contributed by atoms with Gasteiger partial charge in [-0.05, 0) is 38.2 Å². The van der Waals surface area contributed by atoms with E-state index in [4.69, 9.17) is 0 Å². The lowest BCUT2D eigenvalue weighted by atomic mass is 10.2. The SMILES string of the molecule is CCCCCN(C)CCNc1cccc(Br)c1. The largest absolute Gasteiger partial charge is 0.384 e. The highest BCUT2D eigenvalue weighted by molar-refractivity contribution is 9.10. The second kappa shape index (κ2) is 8.54. The molecule has 0 heterocycles. The van der Waals surface area contributed by atoms with E-state index in [9.17, 15) is 0 Å². The van der Waals surface area contributed by atoms with Crippen LogP contribution < -0.4 is 5.32 Å². The number of benzene rings is 1. The number of rotatable bonds is 8. The van der Waals surface area contributed by atoms with Gasteiger partial charge in [0.15, 0.2) is 0 Å². The number of hydrogen-bond donors (Lipinski definition) is 1. The molecule has 3 heteroatoms. The van der Waals surface area contributed by atoms with Gasteiger partial charge < -0.3 is 10.2 Å². The molecule has 0 aliphatic carbocycles. The molecule has 0 unspecified atom stereocenters. The third kappa shape index (κ3) is 6.69. The molecule has 0 aromatic heterocycles. The summed E-state index contributed by atoms with van der Waals surface area (Å²) in [5.74, 6) is 0. The molecule has 0 saturated carbocycles. The van der Waals surface area contributed by atoms with Crippen molar-refractivity contribution in [3.63, 3.8) is 0 Å². The molecule has 2 nitrogen and oxygen atoms in total. The molecule has 1 aromatic rings. The fraction of sp³-hybridized carbons (Fsp3) is 0.571. The van der Waals surface area contributed by atoms with Crippen LogP contribution in [0.4, 0.5) is 5.69 Å². The first-order valence-electron chi connectivity index (χ1n) is 6.40. The molecule has 1 N–H and O–H groups in total. The van der Waals surface area contributed by atoms with Crippen LogP contribution in [0.25, 0.3) is 0 Å². The van der Waals surface area contributed by atoms with Crippen LogP contribution >= 0.6 is 15.9 Å². The maximum absolute atomic E-state index is 3.47. The first-order chi connectivity index (χ1) is 8.22. The standard InChI is InChI=1S/C14H23BrN2/c1-3-4-5-10-17(2)11-9-16-14-8-6-7-13(15)12-14/h6-8,12,16H,3-5,9-11H2,1-2H3. The highest BCUT2D eigenvalue weighted by Gasteiger charge is 1.98. The van der Waals surface area contributed by atoms with Crippen LogP contribution in [0.2, 0.25) is 0 Å². The van der Waals surface area contributed by atoms with Crippen LogP contribution in [-0.2, 0) is 0 Å². The van der Waals surface area contributed by atoms with Crippen molar-refractivity contribution in [2.75, 3.05) is 32.0 Å². The van der Waals surface area contributed by atoms with Gasteiger partial charge in [0.05, 0.1) is 0 Å². The number of likely N-dealkylation sites (N-methyl/N-ethyl adjacent to an activating group) is 1. The molecule has 0 aliphatic rings. The molecule has 96 valence electrons. The second-order valence-corrected chi connectivity index (χ2v) is 5.36. The maximum Gasteiger partial charge on any atom is 0.0351 e. The second-order valence-electron chi connectivity index (χ2n) is 4.45. The lowest BCUT2D eigenvalue weighted by Crippen LogP contribution is -2.26. The van der Waals surface area contributed by atoms with E-state index in [1.165, 1.54) is 31.5 Å². The lowest BCUT2D eigenvalue weighted by Gasteiger charge is -2.17. The average molecular weight is 299 g/mol. The molecule has 0 bridgehead atoms. The predicted molar refractivity (Wildman–Crippen MR) is 79.7 cm³/mol. The maximum atomic E-state index is 3.47. The Balaban J connectivity index is 2.14. The molecule has 17 heavy (non-hydrogen) atoms. The van der Waals surface area contributed by atoms with Gasteiger partial charge in [-0.2, -0.15) is 0 Å². The zero-order valence-electron chi connectivity index (χ0n) is 10.9. The first kappa shape index (κ1) is 14.5. The minimum atomic E-state index is 0.999. The molecule has 1 aromatic carbocycles. The Bertz CT molecular complexity index is 315. The summed E-state index contributed by atoms with van der Waals surface area (Å²) in [7, 11) is 2.19. The number of nitrogens with zero attached hydrogens (tertiary/aromatic N) is 1. The van der Waals surface area contributed by atoms with Gasteiger partial charge in [0.1, 0.15) is 0 Å². The van der Waals surface area contributed by atoms with E-state index >= 15 is 0 Å². The van der Waals surface area contributed by atoms with Crippen molar-refractivity contribution in [3.8, 4) is 0 Å². The monoisotopic (exact) mass is 298 g/mol.